The highest BCUT2D eigenvalue weighted by Crippen LogP contribution is 2.43. The Morgan fingerprint density at radius 1 is 0.510 bits per heavy atom. The summed E-state index contributed by atoms with van der Waals surface area (Å²) in [4.78, 5) is 10.6. The zero-order chi connectivity index (χ0) is 32.3. The Hall–Kier alpha value is -6.46. The SMILES string of the molecule is C1=C(C2=NC(c3ccc4ccccc4c3)N=C(c3ccc4ccccc4c3)N2)c2c(oc3ccccc23)NC1c1ccc2ccccc2c1. The largest absolute Gasteiger partial charge is 0.440 e. The van der Waals surface area contributed by atoms with Gasteiger partial charge in [0.1, 0.15) is 17.3 Å². The van der Waals surface area contributed by atoms with Crippen molar-refractivity contribution < 1.29 is 4.42 Å². The Morgan fingerprint density at radius 2 is 1.08 bits per heavy atom. The predicted octanol–water partition coefficient (Wildman–Crippen LogP) is 10.6. The van der Waals surface area contributed by atoms with Gasteiger partial charge >= 0.3 is 0 Å². The van der Waals surface area contributed by atoms with E-state index in [2.05, 4.69) is 156 Å². The van der Waals surface area contributed by atoms with Gasteiger partial charge in [-0.2, -0.15) is 0 Å². The van der Waals surface area contributed by atoms with Crippen molar-refractivity contribution in [3.63, 3.8) is 0 Å². The van der Waals surface area contributed by atoms with Gasteiger partial charge in [-0.25, -0.2) is 9.98 Å². The van der Waals surface area contributed by atoms with Gasteiger partial charge in [-0.05, 0) is 73.8 Å². The molecule has 0 bridgehead atoms. The van der Waals surface area contributed by atoms with Crippen molar-refractivity contribution in [1.82, 2.24) is 5.32 Å². The predicted molar refractivity (Wildman–Crippen MR) is 202 cm³/mol. The summed E-state index contributed by atoms with van der Waals surface area (Å²) in [5, 5.41) is 15.6. The molecule has 2 N–H and O–H groups in total. The van der Waals surface area contributed by atoms with Crippen LogP contribution in [0.15, 0.2) is 172 Å². The summed E-state index contributed by atoms with van der Waals surface area (Å²) in [6.07, 6.45) is 1.83. The second-order valence-corrected chi connectivity index (χ2v) is 12.7. The number of para-hydroxylation sites is 1. The average Bonchev–Trinajstić information content (AvgIpc) is 3.55. The summed E-state index contributed by atoms with van der Waals surface area (Å²) in [7, 11) is 0. The van der Waals surface area contributed by atoms with E-state index in [1.165, 1.54) is 26.9 Å². The number of rotatable bonds is 4. The number of nitrogens with one attached hydrogen (secondary N) is 2. The fourth-order valence-electron chi connectivity index (χ4n) is 7.21. The quantitative estimate of drug-likeness (QED) is 0.203. The number of benzene rings is 7. The lowest BCUT2D eigenvalue weighted by molar-refractivity contribution is 0.618. The smallest absolute Gasteiger partial charge is 0.202 e. The lowest BCUT2D eigenvalue weighted by Gasteiger charge is -2.28. The molecule has 2 aliphatic rings. The molecular formula is C44H30N4O. The number of hydrogen-bond donors (Lipinski definition) is 2. The van der Waals surface area contributed by atoms with Gasteiger partial charge in [-0.15, -0.1) is 0 Å². The molecule has 5 heteroatoms. The summed E-state index contributed by atoms with van der Waals surface area (Å²) in [6.45, 7) is 0. The van der Waals surface area contributed by atoms with Crippen LogP contribution in [-0.2, 0) is 0 Å². The topological polar surface area (TPSA) is 61.9 Å². The summed E-state index contributed by atoms with van der Waals surface area (Å²) in [5.41, 5.74) is 6.00. The Labute approximate surface area is 283 Å². The van der Waals surface area contributed by atoms with Gasteiger partial charge in [0.15, 0.2) is 6.17 Å². The molecule has 2 aliphatic heterocycles. The van der Waals surface area contributed by atoms with Gasteiger partial charge in [0.2, 0.25) is 5.88 Å². The zero-order valence-electron chi connectivity index (χ0n) is 26.5. The second kappa shape index (κ2) is 11.1. The van der Waals surface area contributed by atoms with Crippen LogP contribution in [0.3, 0.4) is 0 Å². The van der Waals surface area contributed by atoms with Gasteiger partial charge in [0.05, 0.1) is 11.6 Å². The highest BCUT2D eigenvalue weighted by Gasteiger charge is 2.31. The number of amidine groups is 2. The maximum Gasteiger partial charge on any atom is 0.202 e. The minimum absolute atomic E-state index is 0.140. The van der Waals surface area contributed by atoms with Gasteiger partial charge in [0, 0.05) is 16.5 Å². The molecule has 2 unspecified atom stereocenters. The number of fused-ring (bicyclic) bond motifs is 6. The van der Waals surface area contributed by atoms with E-state index in [4.69, 9.17) is 14.4 Å². The first kappa shape index (κ1) is 27.6. The zero-order valence-corrected chi connectivity index (χ0v) is 26.5. The Balaban J connectivity index is 1.16. The molecular weight excluding hydrogens is 601 g/mol. The van der Waals surface area contributed by atoms with E-state index in [9.17, 15) is 0 Å². The molecule has 0 fully saturated rings. The third kappa shape index (κ3) is 4.78. The van der Waals surface area contributed by atoms with Crippen LogP contribution in [-0.4, -0.2) is 11.7 Å². The van der Waals surface area contributed by atoms with E-state index in [1.807, 2.05) is 12.1 Å². The first-order valence-electron chi connectivity index (χ1n) is 16.6. The maximum absolute atomic E-state index is 6.51. The highest BCUT2D eigenvalue weighted by atomic mass is 16.4. The third-order valence-electron chi connectivity index (χ3n) is 9.71. The Bertz CT molecular complexity index is 2700. The van der Waals surface area contributed by atoms with Gasteiger partial charge in [-0.1, -0.05) is 127 Å². The minimum Gasteiger partial charge on any atom is -0.440 e. The Morgan fingerprint density at radius 3 is 1.82 bits per heavy atom. The molecule has 0 saturated heterocycles. The first-order valence-corrected chi connectivity index (χ1v) is 16.6. The molecule has 49 heavy (non-hydrogen) atoms. The van der Waals surface area contributed by atoms with Gasteiger partial charge in [-0.3, -0.25) is 0 Å². The lowest BCUT2D eigenvalue weighted by atomic mass is 9.92. The standard InChI is InChI=1S/C44H30N4O/c1-4-12-30-23-33(20-17-27(30)9-1)38-26-37(40-36-15-7-8-16-39(36)49-44(40)45-38)43-47-41(34-21-18-28-10-2-5-13-31(28)24-34)46-42(48-43)35-22-19-29-11-3-6-14-32(29)25-35/h1-26,38,41,45H,(H,46,47,48). The molecule has 7 aromatic carbocycles. The van der Waals surface area contributed by atoms with E-state index >= 15 is 0 Å². The van der Waals surface area contributed by atoms with Crippen LogP contribution in [0.1, 0.15) is 34.5 Å². The maximum atomic E-state index is 6.51. The molecule has 0 saturated carbocycles. The summed E-state index contributed by atoms with van der Waals surface area (Å²) < 4.78 is 6.51. The Kier molecular flexibility index (Phi) is 6.24. The molecule has 2 atom stereocenters. The molecule has 8 aromatic rings. The van der Waals surface area contributed by atoms with Crippen molar-refractivity contribution >= 4 is 66.4 Å². The molecule has 0 amide bonds. The summed E-state index contributed by atoms with van der Waals surface area (Å²) in [6, 6.07) is 53.0. The van der Waals surface area contributed by atoms with Crippen LogP contribution in [0, 0.1) is 0 Å². The fraction of sp³-hybridized carbons (Fsp3) is 0.0455. The van der Waals surface area contributed by atoms with E-state index in [1.54, 1.807) is 0 Å². The lowest BCUT2D eigenvalue weighted by Crippen LogP contribution is -2.37. The molecule has 232 valence electrons. The van der Waals surface area contributed by atoms with Crippen molar-refractivity contribution in [1.29, 1.82) is 0 Å². The second-order valence-electron chi connectivity index (χ2n) is 12.7. The summed E-state index contributed by atoms with van der Waals surface area (Å²) in [5.74, 6) is 2.28. The average molecular weight is 631 g/mol. The minimum atomic E-state index is -0.446. The molecule has 0 aliphatic carbocycles. The van der Waals surface area contributed by atoms with Crippen LogP contribution in [0.4, 0.5) is 5.88 Å². The van der Waals surface area contributed by atoms with Crippen molar-refractivity contribution in [2.45, 2.75) is 12.2 Å². The van der Waals surface area contributed by atoms with Gasteiger partial charge in [0.25, 0.3) is 0 Å². The van der Waals surface area contributed by atoms with E-state index in [-0.39, 0.29) is 6.04 Å². The fourth-order valence-corrected chi connectivity index (χ4v) is 7.21. The van der Waals surface area contributed by atoms with Crippen LogP contribution in [0.2, 0.25) is 0 Å². The normalized spacial score (nSPS) is 17.3. The molecule has 0 spiro atoms. The van der Waals surface area contributed by atoms with Crippen molar-refractivity contribution in [2.75, 3.05) is 5.32 Å². The molecule has 0 radical (unpaired) electrons. The van der Waals surface area contributed by atoms with E-state index in [0.29, 0.717) is 0 Å². The summed E-state index contributed by atoms with van der Waals surface area (Å²) >= 11 is 0. The van der Waals surface area contributed by atoms with E-state index < -0.39 is 6.17 Å². The molecule has 3 heterocycles. The monoisotopic (exact) mass is 630 g/mol. The molecule has 10 rings (SSSR count). The number of anilines is 1. The third-order valence-corrected chi connectivity index (χ3v) is 9.71. The molecule has 1 aromatic heterocycles. The van der Waals surface area contributed by atoms with Crippen molar-refractivity contribution in [3.8, 4) is 0 Å². The molecule has 5 nitrogen and oxygen atoms in total. The van der Waals surface area contributed by atoms with Crippen molar-refractivity contribution in [3.05, 3.63) is 180 Å². The van der Waals surface area contributed by atoms with Gasteiger partial charge < -0.3 is 15.1 Å². The van der Waals surface area contributed by atoms with Crippen LogP contribution >= 0.6 is 0 Å². The number of nitrogens with zero attached hydrogens (tertiary/aromatic N) is 2. The number of hydrogen-bond acceptors (Lipinski definition) is 5. The van der Waals surface area contributed by atoms with Crippen LogP contribution in [0.25, 0.3) is 48.9 Å². The number of furan rings is 1. The van der Waals surface area contributed by atoms with Crippen molar-refractivity contribution in [2.24, 2.45) is 9.98 Å². The number of aliphatic imine (C=N–C) groups is 2. The van der Waals surface area contributed by atoms with Crippen LogP contribution < -0.4 is 10.6 Å². The van der Waals surface area contributed by atoms with Crippen LogP contribution in [0.5, 0.6) is 0 Å². The highest BCUT2D eigenvalue weighted by molar-refractivity contribution is 6.32. The first-order chi connectivity index (χ1) is 24.2. The van der Waals surface area contributed by atoms with E-state index in [0.717, 1.165) is 61.7 Å².